The average molecular weight is 1110 g/mol. The molecule has 80 heavy (non-hydrogen) atoms. The Morgan fingerprint density at radius 1 is 0.263 bits per heavy atom. The van der Waals surface area contributed by atoms with Gasteiger partial charge in [-0.3, -0.25) is 14.4 Å². The van der Waals surface area contributed by atoms with E-state index >= 15 is 0 Å². The Morgan fingerprint density at radius 3 is 0.762 bits per heavy atom. The third-order valence-electron chi connectivity index (χ3n) is 14.8. The maximum Gasteiger partial charge on any atom is 0.306 e. The molecule has 0 saturated heterocycles. The van der Waals surface area contributed by atoms with E-state index in [2.05, 4.69) is 118 Å². The summed E-state index contributed by atoms with van der Waals surface area (Å²) in [5.74, 6) is -0.877. The van der Waals surface area contributed by atoms with Gasteiger partial charge < -0.3 is 14.2 Å². The summed E-state index contributed by atoms with van der Waals surface area (Å²) >= 11 is 0. The van der Waals surface area contributed by atoms with Crippen LogP contribution in [-0.4, -0.2) is 37.2 Å². The van der Waals surface area contributed by atoms with Crippen molar-refractivity contribution in [2.24, 2.45) is 0 Å². The lowest BCUT2D eigenvalue weighted by molar-refractivity contribution is -0.167. The van der Waals surface area contributed by atoms with Crippen LogP contribution in [0.1, 0.15) is 335 Å². The van der Waals surface area contributed by atoms with Crippen LogP contribution in [0.15, 0.2) is 97.2 Å². The fourth-order valence-corrected chi connectivity index (χ4v) is 9.78. The van der Waals surface area contributed by atoms with Crippen LogP contribution in [0.2, 0.25) is 0 Å². The first-order chi connectivity index (χ1) is 39.5. The van der Waals surface area contributed by atoms with E-state index in [1.54, 1.807) is 0 Å². The van der Waals surface area contributed by atoms with Crippen LogP contribution in [0.4, 0.5) is 0 Å². The van der Waals surface area contributed by atoms with Crippen LogP contribution in [0.3, 0.4) is 0 Å². The van der Waals surface area contributed by atoms with E-state index in [0.29, 0.717) is 19.3 Å². The molecule has 0 rings (SSSR count). The van der Waals surface area contributed by atoms with Gasteiger partial charge in [-0.05, 0) is 96.3 Å². The van der Waals surface area contributed by atoms with E-state index in [-0.39, 0.29) is 31.1 Å². The first kappa shape index (κ1) is 76.3. The maximum atomic E-state index is 12.9. The van der Waals surface area contributed by atoms with Crippen LogP contribution in [0, 0.1) is 0 Å². The number of allylic oxidation sites excluding steroid dienone is 16. The lowest BCUT2D eigenvalue weighted by atomic mass is 10.0. The predicted molar refractivity (Wildman–Crippen MR) is 348 cm³/mol. The van der Waals surface area contributed by atoms with Crippen LogP contribution in [-0.2, 0) is 28.6 Å². The second kappa shape index (κ2) is 67.8. The summed E-state index contributed by atoms with van der Waals surface area (Å²) in [7, 11) is 0. The molecule has 0 aliphatic rings. The number of hydrogen-bond acceptors (Lipinski definition) is 6. The van der Waals surface area contributed by atoms with Crippen molar-refractivity contribution in [3.8, 4) is 0 Å². The van der Waals surface area contributed by atoms with Gasteiger partial charge in [0.25, 0.3) is 0 Å². The number of esters is 3. The summed E-state index contributed by atoms with van der Waals surface area (Å²) in [5.41, 5.74) is 0. The number of rotatable bonds is 62. The lowest BCUT2D eigenvalue weighted by Gasteiger charge is -2.18. The molecule has 0 N–H and O–H groups in total. The normalized spacial score (nSPS) is 12.7. The third kappa shape index (κ3) is 65.1. The number of hydrogen-bond donors (Lipinski definition) is 0. The van der Waals surface area contributed by atoms with Crippen molar-refractivity contribution in [2.45, 2.75) is 341 Å². The van der Waals surface area contributed by atoms with Gasteiger partial charge in [0.15, 0.2) is 6.10 Å². The summed E-state index contributed by atoms with van der Waals surface area (Å²) in [6.45, 7) is 6.44. The van der Waals surface area contributed by atoms with Crippen molar-refractivity contribution in [1.29, 1.82) is 0 Å². The van der Waals surface area contributed by atoms with Crippen LogP contribution in [0.5, 0.6) is 0 Å². The standard InChI is InChI=1S/C74H128O6/c1-4-7-10-13-16-19-22-25-27-29-31-32-33-34-35-36-37-38-39-40-41-42-44-45-47-49-52-55-58-61-64-67-73(76)79-70-71(69-78-72(75)66-63-60-57-54-51-24-21-18-15-12-9-6-3)80-74(77)68-65-62-59-56-53-50-48-46-43-30-28-26-23-20-17-14-11-8-5-2/h7-8,10-11,16-17,19-20,25-28,31-32,43,46,71H,4-6,9,12-15,18,21-24,29-30,33-42,44-45,47-70H2,1-3H3/b10-7-,11-8-,19-16-,20-17-,27-25-,28-26-,32-31-,46-43-. The molecule has 0 amide bonds. The van der Waals surface area contributed by atoms with Crippen LogP contribution in [0.25, 0.3) is 0 Å². The van der Waals surface area contributed by atoms with Crippen molar-refractivity contribution >= 4 is 17.9 Å². The Hall–Kier alpha value is -3.67. The van der Waals surface area contributed by atoms with Crippen LogP contribution < -0.4 is 0 Å². The molecule has 0 aliphatic heterocycles. The zero-order chi connectivity index (χ0) is 57.8. The molecule has 0 radical (unpaired) electrons. The van der Waals surface area contributed by atoms with Gasteiger partial charge in [-0.1, -0.05) is 317 Å². The zero-order valence-corrected chi connectivity index (χ0v) is 52.8. The van der Waals surface area contributed by atoms with E-state index in [4.69, 9.17) is 14.2 Å². The molecule has 0 spiro atoms. The highest BCUT2D eigenvalue weighted by Crippen LogP contribution is 2.17. The predicted octanol–water partition coefficient (Wildman–Crippen LogP) is 23.6. The van der Waals surface area contributed by atoms with Gasteiger partial charge in [-0.15, -0.1) is 0 Å². The molecule has 6 heteroatoms. The highest BCUT2D eigenvalue weighted by atomic mass is 16.6. The summed E-state index contributed by atoms with van der Waals surface area (Å²) in [5, 5.41) is 0. The van der Waals surface area contributed by atoms with Crippen molar-refractivity contribution in [2.75, 3.05) is 13.2 Å². The SMILES string of the molecule is CC/C=C\C/C=C\C/C=C\C/C=C\CCCCCCCCCCCCCCCCCCCCC(=O)OCC(COC(=O)CCCCCCCCCCCCCC)OC(=O)CCCCCCCC/C=C\C/C=C\C/C=C\C/C=C\CC. The van der Waals surface area contributed by atoms with E-state index < -0.39 is 6.10 Å². The summed E-state index contributed by atoms with van der Waals surface area (Å²) in [6, 6.07) is 0. The Labute approximate surface area is 496 Å². The molecule has 0 aromatic carbocycles. The molecule has 0 aliphatic carbocycles. The Bertz CT molecular complexity index is 1560. The highest BCUT2D eigenvalue weighted by Gasteiger charge is 2.19. The van der Waals surface area contributed by atoms with Crippen molar-refractivity contribution in [3.63, 3.8) is 0 Å². The minimum atomic E-state index is -0.783. The molecule has 1 unspecified atom stereocenters. The first-order valence-corrected chi connectivity index (χ1v) is 34.2. The molecule has 0 saturated carbocycles. The molecular weight excluding hydrogens is 985 g/mol. The second-order valence-electron chi connectivity index (χ2n) is 22.7. The Balaban J connectivity index is 4.20. The maximum absolute atomic E-state index is 12.9. The van der Waals surface area contributed by atoms with E-state index in [1.807, 2.05) is 0 Å². The molecule has 0 aromatic rings. The summed E-state index contributed by atoms with van der Waals surface area (Å²) < 4.78 is 16.9. The third-order valence-corrected chi connectivity index (χ3v) is 14.8. The van der Waals surface area contributed by atoms with Gasteiger partial charge in [0.2, 0.25) is 0 Å². The van der Waals surface area contributed by atoms with E-state index in [1.165, 1.54) is 173 Å². The molecule has 0 aromatic heterocycles. The van der Waals surface area contributed by atoms with Crippen molar-refractivity contribution < 1.29 is 28.6 Å². The Morgan fingerprint density at radius 2 is 0.487 bits per heavy atom. The largest absolute Gasteiger partial charge is 0.462 e. The van der Waals surface area contributed by atoms with Crippen molar-refractivity contribution in [3.05, 3.63) is 97.2 Å². The molecule has 460 valence electrons. The van der Waals surface area contributed by atoms with Crippen LogP contribution >= 0.6 is 0 Å². The molecule has 0 heterocycles. The zero-order valence-electron chi connectivity index (χ0n) is 52.8. The average Bonchev–Trinajstić information content (AvgIpc) is 3.46. The van der Waals surface area contributed by atoms with Crippen molar-refractivity contribution in [1.82, 2.24) is 0 Å². The van der Waals surface area contributed by atoms with E-state index in [0.717, 1.165) is 122 Å². The van der Waals surface area contributed by atoms with Gasteiger partial charge in [0, 0.05) is 19.3 Å². The second-order valence-corrected chi connectivity index (χ2v) is 22.7. The summed E-state index contributed by atoms with van der Waals surface area (Å²) in [6.07, 6.45) is 91.5. The van der Waals surface area contributed by atoms with Gasteiger partial charge in [0.1, 0.15) is 13.2 Å². The molecule has 6 nitrogen and oxygen atoms in total. The number of unbranched alkanes of at least 4 members (excludes halogenated alkanes) is 35. The monoisotopic (exact) mass is 1110 g/mol. The number of carbonyl (C=O) groups is 3. The van der Waals surface area contributed by atoms with Gasteiger partial charge in [-0.2, -0.15) is 0 Å². The fraction of sp³-hybridized carbons (Fsp3) is 0.743. The fourth-order valence-electron chi connectivity index (χ4n) is 9.78. The smallest absolute Gasteiger partial charge is 0.306 e. The van der Waals surface area contributed by atoms with Gasteiger partial charge in [0.05, 0.1) is 0 Å². The minimum Gasteiger partial charge on any atom is -0.462 e. The molecular formula is C74H128O6. The van der Waals surface area contributed by atoms with E-state index in [9.17, 15) is 14.4 Å². The molecule has 0 bridgehead atoms. The van der Waals surface area contributed by atoms with Gasteiger partial charge >= 0.3 is 17.9 Å². The minimum absolute atomic E-state index is 0.0787. The molecule has 0 fully saturated rings. The first-order valence-electron chi connectivity index (χ1n) is 34.2. The number of ether oxygens (including phenoxy) is 3. The summed E-state index contributed by atoms with van der Waals surface area (Å²) in [4.78, 5) is 38.3. The molecule has 1 atom stereocenters. The quantitative estimate of drug-likeness (QED) is 0.0261. The number of carbonyl (C=O) groups excluding carboxylic acids is 3. The van der Waals surface area contributed by atoms with Gasteiger partial charge in [-0.25, -0.2) is 0 Å². The Kier molecular flexibility index (Phi) is 64.7. The topological polar surface area (TPSA) is 78.9 Å². The lowest BCUT2D eigenvalue weighted by Crippen LogP contribution is -2.30. The highest BCUT2D eigenvalue weighted by molar-refractivity contribution is 5.71.